The van der Waals surface area contributed by atoms with Gasteiger partial charge in [0.25, 0.3) is 0 Å². The summed E-state index contributed by atoms with van der Waals surface area (Å²) in [5.74, 6) is 1.00. The van der Waals surface area contributed by atoms with E-state index in [-0.39, 0.29) is 0 Å². The average Bonchev–Trinajstić information content (AvgIpc) is 2.85. The number of nitrogens with one attached hydrogen (secondary N) is 1. The minimum Gasteiger partial charge on any atom is -0.308 e. The second kappa shape index (κ2) is 7.50. The minimum atomic E-state index is 0.307. The highest BCUT2D eigenvalue weighted by molar-refractivity contribution is 7.99. The van der Waals surface area contributed by atoms with Crippen LogP contribution in [0.15, 0.2) is 41.4 Å². The number of benzene rings is 1. The fourth-order valence-corrected chi connectivity index (χ4v) is 3.16. The quantitative estimate of drug-likeness (QED) is 0.790. The minimum absolute atomic E-state index is 0.307. The normalized spacial score (nSPS) is 12.6. The van der Waals surface area contributed by atoms with E-state index in [4.69, 9.17) is 0 Å². The van der Waals surface area contributed by atoms with E-state index in [0.717, 1.165) is 24.4 Å². The molecule has 0 radical (unpaired) electrons. The molecule has 1 unspecified atom stereocenters. The summed E-state index contributed by atoms with van der Waals surface area (Å²) >= 11 is 1.89. The van der Waals surface area contributed by atoms with Gasteiger partial charge in [-0.2, -0.15) is 5.10 Å². The van der Waals surface area contributed by atoms with Crippen LogP contribution in [0.5, 0.6) is 0 Å². The van der Waals surface area contributed by atoms with E-state index in [2.05, 4.69) is 54.6 Å². The van der Waals surface area contributed by atoms with E-state index in [1.54, 1.807) is 0 Å². The van der Waals surface area contributed by atoms with Gasteiger partial charge in [0, 0.05) is 23.9 Å². The van der Waals surface area contributed by atoms with Gasteiger partial charge < -0.3 is 5.32 Å². The topological polar surface area (TPSA) is 29.9 Å². The van der Waals surface area contributed by atoms with Crippen molar-refractivity contribution in [1.29, 1.82) is 0 Å². The molecule has 108 valence electrons. The van der Waals surface area contributed by atoms with Crippen molar-refractivity contribution in [2.75, 3.05) is 12.3 Å². The van der Waals surface area contributed by atoms with Crippen LogP contribution >= 0.6 is 11.8 Å². The molecule has 0 aliphatic carbocycles. The van der Waals surface area contributed by atoms with Gasteiger partial charge in [0.1, 0.15) is 0 Å². The van der Waals surface area contributed by atoms with E-state index >= 15 is 0 Å². The van der Waals surface area contributed by atoms with E-state index in [1.807, 2.05) is 29.7 Å². The SMILES string of the molecule is CCCNC(CSc1cccc(C)c1)c1ccn(C)n1. The van der Waals surface area contributed by atoms with Crippen LogP contribution in [0.4, 0.5) is 0 Å². The van der Waals surface area contributed by atoms with Crippen LogP contribution in [-0.2, 0) is 7.05 Å². The molecule has 1 N–H and O–H groups in total. The summed E-state index contributed by atoms with van der Waals surface area (Å²) in [6.45, 7) is 5.35. The lowest BCUT2D eigenvalue weighted by Gasteiger charge is -2.16. The molecule has 0 bridgehead atoms. The summed E-state index contributed by atoms with van der Waals surface area (Å²) in [7, 11) is 1.97. The largest absolute Gasteiger partial charge is 0.308 e. The van der Waals surface area contributed by atoms with Crippen LogP contribution in [0.2, 0.25) is 0 Å². The Balaban J connectivity index is 2.00. The summed E-state index contributed by atoms with van der Waals surface area (Å²) in [6, 6.07) is 11.1. The van der Waals surface area contributed by atoms with Crippen molar-refractivity contribution in [1.82, 2.24) is 15.1 Å². The van der Waals surface area contributed by atoms with Crippen molar-refractivity contribution in [3.8, 4) is 0 Å². The molecule has 1 aromatic carbocycles. The lowest BCUT2D eigenvalue weighted by Crippen LogP contribution is -2.24. The molecule has 0 amide bonds. The molecule has 0 fully saturated rings. The summed E-state index contributed by atoms with van der Waals surface area (Å²) in [6.07, 6.45) is 3.14. The lowest BCUT2D eigenvalue weighted by atomic mass is 10.2. The molecule has 1 atom stereocenters. The number of aromatic nitrogens is 2. The molecular formula is C16H23N3S. The maximum absolute atomic E-state index is 4.53. The smallest absolute Gasteiger partial charge is 0.0802 e. The van der Waals surface area contributed by atoms with Gasteiger partial charge in [-0.05, 0) is 38.1 Å². The van der Waals surface area contributed by atoms with Crippen LogP contribution in [0.1, 0.15) is 30.6 Å². The average molecular weight is 289 g/mol. The number of nitrogens with zero attached hydrogens (tertiary/aromatic N) is 2. The van der Waals surface area contributed by atoms with Gasteiger partial charge in [-0.15, -0.1) is 11.8 Å². The predicted molar refractivity (Wildman–Crippen MR) is 86.1 cm³/mol. The summed E-state index contributed by atoms with van der Waals surface area (Å²) in [5.41, 5.74) is 2.44. The van der Waals surface area contributed by atoms with E-state index in [0.29, 0.717) is 6.04 Å². The van der Waals surface area contributed by atoms with Crippen molar-refractivity contribution in [3.63, 3.8) is 0 Å². The van der Waals surface area contributed by atoms with Gasteiger partial charge in [-0.3, -0.25) is 4.68 Å². The molecule has 4 heteroatoms. The first-order valence-corrected chi connectivity index (χ1v) is 8.10. The fraction of sp³-hybridized carbons (Fsp3) is 0.438. The van der Waals surface area contributed by atoms with Crippen molar-refractivity contribution in [2.24, 2.45) is 7.05 Å². The summed E-state index contributed by atoms with van der Waals surface area (Å²) < 4.78 is 1.87. The van der Waals surface area contributed by atoms with Gasteiger partial charge >= 0.3 is 0 Å². The zero-order chi connectivity index (χ0) is 14.4. The first-order chi connectivity index (χ1) is 9.69. The highest BCUT2D eigenvalue weighted by Crippen LogP contribution is 2.24. The maximum Gasteiger partial charge on any atom is 0.0802 e. The molecule has 0 saturated carbocycles. The van der Waals surface area contributed by atoms with Crippen molar-refractivity contribution in [3.05, 3.63) is 47.8 Å². The molecule has 20 heavy (non-hydrogen) atoms. The van der Waals surface area contributed by atoms with Crippen molar-refractivity contribution in [2.45, 2.75) is 31.2 Å². The molecular weight excluding hydrogens is 266 g/mol. The highest BCUT2D eigenvalue weighted by Gasteiger charge is 2.13. The van der Waals surface area contributed by atoms with E-state index < -0.39 is 0 Å². The fourth-order valence-electron chi connectivity index (χ4n) is 2.07. The molecule has 1 heterocycles. The van der Waals surface area contributed by atoms with Gasteiger partial charge in [-0.25, -0.2) is 0 Å². The molecule has 2 rings (SSSR count). The predicted octanol–water partition coefficient (Wildman–Crippen LogP) is 3.56. The maximum atomic E-state index is 4.53. The van der Waals surface area contributed by atoms with Gasteiger partial charge in [0.2, 0.25) is 0 Å². The Bertz CT molecular complexity index is 536. The molecule has 1 aromatic heterocycles. The zero-order valence-electron chi connectivity index (χ0n) is 12.5. The van der Waals surface area contributed by atoms with Gasteiger partial charge in [0.15, 0.2) is 0 Å². The second-order valence-electron chi connectivity index (χ2n) is 5.05. The third kappa shape index (κ3) is 4.39. The molecule has 0 saturated heterocycles. The van der Waals surface area contributed by atoms with E-state index in [1.165, 1.54) is 10.5 Å². The Labute approximate surface area is 125 Å². The van der Waals surface area contributed by atoms with Crippen LogP contribution in [0.25, 0.3) is 0 Å². The van der Waals surface area contributed by atoms with Crippen molar-refractivity contribution >= 4 is 11.8 Å². The van der Waals surface area contributed by atoms with Crippen LogP contribution in [-0.4, -0.2) is 22.1 Å². The summed E-state index contributed by atoms with van der Waals surface area (Å²) in [4.78, 5) is 1.32. The molecule has 0 aliphatic heterocycles. The number of hydrogen-bond donors (Lipinski definition) is 1. The summed E-state index contributed by atoms with van der Waals surface area (Å²) in [5, 5.41) is 8.12. The van der Waals surface area contributed by atoms with Crippen LogP contribution in [0, 0.1) is 6.92 Å². The highest BCUT2D eigenvalue weighted by atomic mass is 32.2. The van der Waals surface area contributed by atoms with Gasteiger partial charge in [0.05, 0.1) is 11.7 Å². The Morgan fingerprint density at radius 1 is 1.35 bits per heavy atom. The van der Waals surface area contributed by atoms with Crippen molar-refractivity contribution < 1.29 is 0 Å². The number of aryl methyl sites for hydroxylation is 2. The van der Waals surface area contributed by atoms with Gasteiger partial charge in [-0.1, -0.05) is 24.6 Å². The first kappa shape index (κ1) is 15.1. The Kier molecular flexibility index (Phi) is 5.68. The van der Waals surface area contributed by atoms with Crippen LogP contribution < -0.4 is 5.32 Å². The third-order valence-corrected chi connectivity index (χ3v) is 4.23. The molecule has 2 aromatic rings. The second-order valence-corrected chi connectivity index (χ2v) is 6.14. The zero-order valence-corrected chi connectivity index (χ0v) is 13.3. The molecule has 0 aliphatic rings. The Morgan fingerprint density at radius 2 is 2.20 bits per heavy atom. The molecule has 3 nitrogen and oxygen atoms in total. The third-order valence-electron chi connectivity index (χ3n) is 3.14. The monoisotopic (exact) mass is 289 g/mol. The van der Waals surface area contributed by atoms with Crippen LogP contribution in [0.3, 0.4) is 0 Å². The number of hydrogen-bond acceptors (Lipinski definition) is 3. The van der Waals surface area contributed by atoms with E-state index in [9.17, 15) is 0 Å². The number of rotatable bonds is 7. The lowest BCUT2D eigenvalue weighted by molar-refractivity contribution is 0.555. The number of thioether (sulfide) groups is 1. The Hall–Kier alpha value is -1.26. The standard InChI is InChI=1S/C16H23N3S/c1-4-9-17-16(15-8-10-19(3)18-15)12-20-14-7-5-6-13(2)11-14/h5-8,10-11,16-17H,4,9,12H2,1-3H3. The molecule has 0 spiro atoms. The Morgan fingerprint density at radius 3 is 2.85 bits per heavy atom. The first-order valence-electron chi connectivity index (χ1n) is 7.11.